The SMILES string of the molecule is [CH2]C1(C)CCCC1.[Zn]. The molecule has 0 atom stereocenters. The first kappa shape index (κ1) is 8.62. The fourth-order valence-corrected chi connectivity index (χ4v) is 1.23. The average Bonchev–Trinajstić information content (AvgIpc) is 1.84. The van der Waals surface area contributed by atoms with Gasteiger partial charge in [0.1, 0.15) is 0 Å². The van der Waals surface area contributed by atoms with E-state index in [1.807, 2.05) is 0 Å². The predicted octanol–water partition coefficient (Wildman–Crippen LogP) is 2.40. The first-order valence-electron chi connectivity index (χ1n) is 3.06. The van der Waals surface area contributed by atoms with Crippen LogP contribution in [-0.2, 0) is 19.5 Å². The van der Waals surface area contributed by atoms with Crippen molar-refractivity contribution < 1.29 is 19.5 Å². The van der Waals surface area contributed by atoms with Crippen molar-refractivity contribution in [3.05, 3.63) is 6.92 Å². The van der Waals surface area contributed by atoms with Crippen LogP contribution in [0.5, 0.6) is 0 Å². The summed E-state index contributed by atoms with van der Waals surface area (Å²) in [6, 6.07) is 0. The Kier molecular flexibility index (Phi) is 3.19. The molecule has 0 aliphatic heterocycles. The van der Waals surface area contributed by atoms with Crippen LogP contribution in [0, 0.1) is 12.3 Å². The molecule has 0 unspecified atom stereocenters. The van der Waals surface area contributed by atoms with E-state index in [0.29, 0.717) is 5.41 Å². The zero-order valence-electron chi connectivity index (χ0n) is 5.74. The molecular weight excluding hydrogens is 149 g/mol. The molecule has 1 aliphatic carbocycles. The Morgan fingerprint density at radius 3 is 1.75 bits per heavy atom. The van der Waals surface area contributed by atoms with Crippen LogP contribution in [0.25, 0.3) is 0 Å². The van der Waals surface area contributed by atoms with E-state index >= 15 is 0 Å². The first-order valence-corrected chi connectivity index (χ1v) is 3.06. The predicted molar refractivity (Wildman–Crippen MR) is 31.9 cm³/mol. The zero-order chi connectivity index (χ0) is 5.33. The third kappa shape index (κ3) is 2.26. The third-order valence-corrected chi connectivity index (χ3v) is 1.81. The summed E-state index contributed by atoms with van der Waals surface area (Å²) in [6.07, 6.45) is 5.49. The van der Waals surface area contributed by atoms with Gasteiger partial charge in [-0.2, -0.15) is 0 Å². The molecule has 0 nitrogen and oxygen atoms in total. The smallest absolute Gasteiger partial charge is 0 e. The molecular formula is C7H13Zn. The Balaban J connectivity index is 0.000000490. The maximum atomic E-state index is 4.07. The van der Waals surface area contributed by atoms with Crippen molar-refractivity contribution in [3.63, 3.8) is 0 Å². The molecule has 8 heavy (non-hydrogen) atoms. The second kappa shape index (κ2) is 2.96. The Labute approximate surface area is 64.8 Å². The molecule has 1 heteroatoms. The van der Waals surface area contributed by atoms with Gasteiger partial charge in [-0.1, -0.05) is 19.8 Å². The van der Waals surface area contributed by atoms with E-state index < -0.39 is 0 Å². The Morgan fingerprint density at radius 1 is 1.25 bits per heavy atom. The van der Waals surface area contributed by atoms with E-state index in [9.17, 15) is 0 Å². The molecule has 0 N–H and O–H groups in total. The van der Waals surface area contributed by atoms with Crippen LogP contribution in [0.1, 0.15) is 32.6 Å². The van der Waals surface area contributed by atoms with Gasteiger partial charge in [-0.3, -0.25) is 0 Å². The maximum absolute atomic E-state index is 4.07. The molecule has 0 aromatic carbocycles. The van der Waals surface area contributed by atoms with Gasteiger partial charge in [0, 0.05) is 19.5 Å². The largest absolute Gasteiger partial charge is 0.0596 e. The Hall–Kier alpha value is 0.623. The normalized spacial score (nSPS) is 24.8. The molecule has 1 aliphatic rings. The second-order valence-electron chi connectivity index (χ2n) is 3.02. The summed E-state index contributed by atoms with van der Waals surface area (Å²) in [5.41, 5.74) is 0.444. The zero-order valence-corrected chi connectivity index (χ0v) is 8.71. The standard InChI is InChI=1S/C7H13.Zn/c1-7(2)5-3-4-6-7;/h1,3-6H2,2H3;. The van der Waals surface area contributed by atoms with Crippen LogP contribution >= 0.6 is 0 Å². The fraction of sp³-hybridized carbons (Fsp3) is 0.857. The van der Waals surface area contributed by atoms with Crippen molar-refractivity contribution in [2.45, 2.75) is 32.6 Å². The summed E-state index contributed by atoms with van der Waals surface area (Å²) in [6.45, 7) is 6.32. The second-order valence-corrected chi connectivity index (χ2v) is 3.02. The van der Waals surface area contributed by atoms with Gasteiger partial charge in [-0.25, -0.2) is 0 Å². The van der Waals surface area contributed by atoms with Gasteiger partial charge >= 0.3 is 0 Å². The monoisotopic (exact) mass is 161 g/mol. The van der Waals surface area contributed by atoms with Crippen LogP contribution in [0.15, 0.2) is 0 Å². The molecule has 43 valence electrons. The minimum atomic E-state index is 0. The summed E-state index contributed by atoms with van der Waals surface area (Å²) in [4.78, 5) is 0. The molecule has 1 fully saturated rings. The summed E-state index contributed by atoms with van der Waals surface area (Å²) in [5.74, 6) is 0. The summed E-state index contributed by atoms with van der Waals surface area (Å²) in [5, 5.41) is 0. The first-order chi connectivity index (χ1) is 3.21. The molecule has 0 saturated heterocycles. The van der Waals surface area contributed by atoms with Crippen LogP contribution in [0.3, 0.4) is 0 Å². The molecule has 1 saturated carbocycles. The van der Waals surface area contributed by atoms with E-state index in [1.165, 1.54) is 25.7 Å². The van der Waals surface area contributed by atoms with Crippen molar-refractivity contribution in [2.75, 3.05) is 0 Å². The van der Waals surface area contributed by atoms with E-state index in [-0.39, 0.29) is 19.5 Å². The van der Waals surface area contributed by atoms with Crippen LogP contribution < -0.4 is 0 Å². The third-order valence-electron chi connectivity index (χ3n) is 1.81. The number of hydrogen-bond donors (Lipinski definition) is 0. The van der Waals surface area contributed by atoms with E-state index in [0.717, 1.165) is 0 Å². The minimum absolute atomic E-state index is 0. The summed E-state index contributed by atoms with van der Waals surface area (Å²) < 4.78 is 0. The minimum Gasteiger partial charge on any atom is -0.0596 e. The average molecular weight is 163 g/mol. The van der Waals surface area contributed by atoms with Crippen molar-refractivity contribution in [1.82, 2.24) is 0 Å². The van der Waals surface area contributed by atoms with Gasteiger partial charge < -0.3 is 0 Å². The topological polar surface area (TPSA) is 0 Å². The summed E-state index contributed by atoms with van der Waals surface area (Å²) in [7, 11) is 0. The summed E-state index contributed by atoms with van der Waals surface area (Å²) >= 11 is 0. The molecule has 0 bridgehead atoms. The van der Waals surface area contributed by atoms with E-state index in [1.54, 1.807) is 0 Å². The Morgan fingerprint density at radius 2 is 1.62 bits per heavy atom. The Bertz CT molecular complexity index is 58.8. The van der Waals surface area contributed by atoms with Crippen molar-refractivity contribution in [2.24, 2.45) is 5.41 Å². The molecule has 0 aromatic rings. The maximum Gasteiger partial charge on any atom is 0 e. The van der Waals surface area contributed by atoms with Crippen LogP contribution in [0.4, 0.5) is 0 Å². The molecule has 1 rings (SSSR count). The van der Waals surface area contributed by atoms with E-state index in [2.05, 4.69) is 13.8 Å². The fourth-order valence-electron chi connectivity index (χ4n) is 1.23. The van der Waals surface area contributed by atoms with Gasteiger partial charge in [0.25, 0.3) is 0 Å². The molecule has 0 amide bonds. The van der Waals surface area contributed by atoms with Gasteiger partial charge in [-0.05, 0) is 25.2 Å². The number of rotatable bonds is 0. The quantitative estimate of drug-likeness (QED) is 0.480. The van der Waals surface area contributed by atoms with Gasteiger partial charge in [-0.15, -0.1) is 0 Å². The van der Waals surface area contributed by atoms with Crippen molar-refractivity contribution >= 4 is 0 Å². The molecule has 1 radical (unpaired) electrons. The molecule has 0 heterocycles. The van der Waals surface area contributed by atoms with Crippen molar-refractivity contribution in [1.29, 1.82) is 0 Å². The van der Waals surface area contributed by atoms with Gasteiger partial charge in [0.05, 0.1) is 0 Å². The van der Waals surface area contributed by atoms with Crippen LogP contribution in [0.2, 0.25) is 0 Å². The van der Waals surface area contributed by atoms with Crippen LogP contribution in [-0.4, -0.2) is 0 Å². The molecule has 0 aromatic heterocycles. The van der Waals surface area contributed by atoms with Gasteiger partial charge in [0.2, 0.25) is 0 Å². The number of hydrogen-bond acceptors (Lipinski definition) is 0. The van der Waals surface area contributed by atoms with Gasteiger partial charge in [0.15, 0.2) is 0 Å². The van der Waals surface area contributed by atoms with Crippen molar-refractivity contribution in [3.8, 4) is 0 Å². The van der Waals surface area contributed by atoms with E-state index in [4.69, 9.17) is 0 Å². The molecule has 0 spiro atoms.